The molecule has 0 saturated heterocycles. The molecule has 2 amide bonds. The van der Waals surface area contributed by atoms with Crippen LogP contribution in [-0.2, 0) is 22.7 Å². The summed E-state index contributed by atoms with van der Waals surface area (Å²) in [5, 5.41) is 5.55. The summed E-state index contributed by atoms with van der Waals surface area (Å²) < 4.78 is 1.98. The number of rotatable bonds is 8. The average Bonchev–Trinajstić information content (AvgIpc) is 3.24. The number of amides is 2. The zero-order valence-corrected chi connectivity index (χ0v) is 16.3. The van der Waals surface area contributed by atoms with Crippen LogP contribution < -0.4 is 10.6 Å². The molecular weight excluding hydrogens is 364 g/mol. The van der Waals surface area contributed by atoms with E-state index in [1.807, 2.05) is 65.4 Å². The van der Waals surface area contributed by atoms with Crippen LogP contribution in [-0.4, -0.2) is 27.4 Å². The number of carbonyl (C=O) groups excluding carboxylic acids is 2. The number of nitrogens with one attached hydrogen (secondary N) is 2. The second kappa shape index (κ2) is 10.0. The van der Waals surface area contributed by atoms with E-state index in [0.29, 0.717) is 6.54 Å². The number of nitrogens with zero attached hydrogens (tertiary/aromatic N) is 2. The maximum atomic E-state index is 12.3. The van der Waals surface area contributed by atoms with E-state index in [9.17, 15) is 9.59 Å². The zero-order valence-electron chi connectivity index (χ0n) is 16.3. The van der Waals surface area contributed by atoms with Crippen molar-refractivity contribution in [3.8, 4) is 0 Å². The predicted molar refractivity (Wildman–Crippen MR) is 113 cm³/mol. The largest absolute Gasteiger partial charge is 0.350 e. The van der Waals surface area contributed by atoms with Crippen molar-refractivity contribution in [2.24, 2.45) is 0 Å². The molecule has 0 aliphatic heterocycles. The summed E-state index contributed by atoms with van der Waals surface area (Å²) in [5.74, 6) is -0.537. The maximum Gasteiger partial charge on any atom is 0.244 e. The van der Waals surface area contributed by atoms with E-state index in [2.05, 4.69) is 15.6 Å². The van der Waals surface area contributed by atoms with Crippen LogP contribution in [0.2, 0.25) is 0 Å². The van der Waals surface area contributed by atoms with E-state index in [1.165, 1.54) is 6.08 Å². The highest BCUT2D eigenvalue weighted by Crippen LogP contribution is 2.07. The summed E-state index contributed by atoms with van der Waals surface area (Å²) >= 11 is 0. The van der Waals surface area contributed by atoms with Crippen LogP contribution in [0.1, 0.15) is 23.6 Å². The lowest BCUT2D eigenvalue weighted by molar-refractivity contribution is -0.126. The lowest BCUT2D eigenvalue weighted by atomic mass is 10.1. The van der Waals surface area contributed by atoms with Crippen LogP contribution in [0.4, 0.5) is 0 Å². The zero-order chi connectivity index (χ0) is 20.5. The summed E-state index contributed by atoms with van der Waals surface area (Å²) in [6.45, 7) is 2.79. The van der Waals surface area contributed by atoms with Crippen LogP contribution >= 0.6 is 0 Å². The van der Waals surface area contributed by atoms with Crippen molar-refractivity contribution >= 4 is 17.9 Å². The SMILES string of the molecule is CC(NC(=O)/C=C/c1ccccc1)C(=O)NCc1cccc(Cn2ccnc2)c1. The monoisotopic (exact) mass is 388 g/mol. The molecule has 3 aromatic rings. The second-order valence-electron chi connectivity index (χ2n) is 6.75. The fraction of sp³-hybridized carbons (Fsp3) is 0.174. The maximum absolute atomic E-state index is 12.3. The van der Waals surface area contributed by atoms with E-state index in [4.69, 9.17) is 0 Å². The van der Waals surface area contributed by atoms with E-state index in [-0.39, 0.29) is 11.8 Å². The molecule has 0 spiro atoms. The molecule has 3 rings (SSSR count). The van der Waals surface area contributed by atoms with Crippen molar-refractivity contribution in [2.75, 3.05) is 0 Å². The molecule has 29 heavy (non-hydrogen) atoms. The molecule has 0 aliphatic carbocycles. The van der Waals surface area contributed by atoms with Gasteiger partial charge >= 0.3 is 0 Å². The smallest absolute Gasteiger partial charge is 0.244 e. The van der Waals surface area contributed by atoms with Gasteiger partial charge in [-0.05, 0) is 29.7 Å². The van der Waals surface area contributed by atoms with Crippen LogP contribution in [0, 0.1) is 0 Å². The molecular formula is C23H24N4O2. The molecule has 6 nitrogen and oxygen atoms in total. The van der Waals surface area contributed by atoms with Gasteiger partial charge in [0.1, 0.15) is 6.04 Å². The van der Waals surface area contributed by atoms with Gasteiger partial charge in [0.2, 0.25) is 11.8 Å². The first-order valence-electron chi connectivity index (χ1n) is 9.45. The standard InChI is InChI=1S/C23H24N4O2/c1-18(26-22(28)11-10-19-6-3-2-4-7-19)23(29)25-15-20-8-5-9-21(14-20)16-27-13-12-24-17-27/h2-14,17-18H,15-16H2,1H3,(H,25,29)(H,26,28)/b11-10+. The average molecular weight is 388 g/mol. The third-order valence-corrected chi connectivity index (χ3v) is 4.36. The van der Waals surface area contributed by atoms with Crippen molar-refractivity contribution in [1.29, 1.82) is 0 Å². The minimum absolute atomic E-state index is 0.230. The van der Waals surface area contributed by atoms with Crippen LogP contribution in [0.15, 0.2) is 79.4 Å². The lowest BCUT2D eigenvalue weighted by Gasteiger charge is -2.13. The van der Waals surface area contributed by atoms with Crippen molar-refractivity contribution in [2.45, 2.75) is 26.1 Å². The molecule has 148 valence electrons. The molecule has 2 aromatic carbocycles. The Morgan fingerprint density at radius 3 is 2.66 bits per heavy atom. The Hall–Kier alpha value is -3.67. The normalized spacial score (nSPS) is 11.9. The number of hydrogen-bond donors (Lipinski definition) is 2. The van der Waals surface area contributed by atoms with Crippen molar-refractivity contribution < 1.29 is 9.59 Å². The summed E-state index contributed by atoms with van der Waals surface area (Å²) in [6, 6.07) is 16.9. The molecule has 1 atom stereocenters. The van der Waals surface area contributed by atoms with E-state index in [1.54, 1.807) is 25.5 Å². The fourth-order valence-corrected chi connectivity index (χ4v) is 2.83. The Morgan fingerprint density at radius 2 is 1.90 bits per heavy atom. The van der Waals surface area contributed by atoms with Crippen molar-refractivity contribution in [3.05, 3.63) is 96.1 Å². The highest BCUT2D eigenvalue weighted by molar-refractivity contribution is 5.95. The molecule has 1 heterocycles. The highest BCUT2D eigenvalue weighted by atomic mass is 16.2. The molecule has 0 saturated carbocycles. The predicted octanol–water partition coefficient (Wildman–Crippen LogP) is 2.77. The van der Waals surface area contributed by atoms with Gasteiger partial charge in [0.25, 0.3) is 0 Å². The third kappa shape index (κ3) is 6.46. The second-order valence-corrected chi connectivity index (χ2v) is 6.75. The molecule has 0 fully saturated rings. The summed E-state index contributed by atoms with van der Waals surface area (Å²) in [6.07, 6.45) is 8.56. The fourth-order valence-electron chi connectivity index (χ4n) is 2.83. The van der Waals surface area contributed by atoms with E-state index < -0.39 is 6.04 Å². The number of benzene rings is 2. The molecule has 6 heteroatoms. The number of imidazole rings is 1. The van der Waals surface area contributed by atoms with Gasteiger partial charge in [0.15, 0.2) is 0 Å². The first-order chi connectivity index (χ1) is 14.1. The quantitative estimate of drug-likeness (QED) is 0.583. The highest BCUT2D eigenvalue weighted by Gasteiger charge is 2.13. The Bertz CT molecular complexity index is 966. The van der Waals surface area contributed by atoms with E-state index >= 15 is 0 Å². The summed E-state index contributed by atoms with van der Waals surface area (Å²) in [7, 11) is 0. The summed E-state index contributed by atoms with van der Waals surface area (Å²) in [4.78, 5) is 28.4. The van der Waals surface area contributed by atoms with Crippen LogP contribution in [0.3, 0.4) is 0 Å². The first kappa shape index (κ1) is 20.1. The topological polar surface area (TPSA) is 76.0 Å². The number of aromatic nitrogens is 2. The van der Waals surface area contributed by atoms with Crippen LogP contribution in [0.25, 0.3) is 6.08 Å². The number of carbonyl (C=O) groups is 2. The van der Waals surface area contributed by atoms with Gasteiger partial charge < -0.3 is 15.2 Å². The summed E-state index contributed by atoms with van der Waals surface area (Å²) in [5.41, 5.74) is 3.05. The molecule has 0 aliphatic rings. The first-order valence-corrected chi connectivity index (χ1v) is 9.45. The Kier molecular flexibility index (Phi) is 6.95. The molecule has 0 bridgehead atoms. The van der Waals surface area contributed by atoms with Crippen molar-refractivity contribution in [1.82, 2.24) is 20.2 Å². The molecule has 2 N–H and O–H groups in total. The molecule has 1 unspecified atom stereocenters. The third-order valence-electron chi connectivity index (χ3n) is 4.36. The molecule has 0 radical (unpaired) electrons. The van der Waals surface area contributed by atoms with Crippen molar-refractivity contribution in [3.63, 3.8) is 0 Å². The van der Waals surface area contributed by atoms with Gasteiger partial charge in [-0.1, -0.05) is 54.6 Å². The van der Waals surface area contributed by atoms with Gasteiger partial charge in [0, 0.05) is 31.6 Å². The molecule has 1 aromatic heterocycles. The Balaban J connectivity index is 1.47. The number of hydrogen-bond acceptors (Lipinski definition) is 3. The van der Waals surface area contributed by atoms with Gasteiger partial charge in [-0.2, -0.15) is 0 Å². The van der Waals surface area contributed by atoms with E-state index in [0.717, 1.165) is 23.2 Å². The van der Waals surface area contributed by atoms with Gasteiger partial charge in [-0.15, -0.1) is 0 Å². The minimum Gasteiger partial charge on any atom is -0.350 e. The lowest BCUT2D eigenvalue weighted by Crippen LogP contribution is -2.44. The minimum atomic E-state index is -0.628. The van der Waals surface area contributed by atoms with Crippen LogP contribution in [0.5, 0.6) is 0 Å². The Morgan fingerprint density at radius 1 is 1.10 bits per heavy atom. The van der Waals surface area contributed by atoms with Gasteiger partial charge in [0.05, 0.1) is 6.33 Å². The van der Waals surface area contributed by atoms with Gasteiger partial charge in [-0.3, -0.25) is 9.59 Å². The van der Waals surface area contributed by atoms with Gasteiger partial charge in [-0.25, -0.2) is 4.98 Å². The Labute approximate surface area is 170 Å².